The maximum absolute atomic E-state index is 12.6. The van der Waals surface area contributed by atoms with Crippen molar-refractivity contribution in [3.05, 3.63) is 83.7 Å². The van der Waals surface area contributed by atoms with Crippen LogP contribution in [0.25, 0.3) is 0 Å². The summed E-state index contributed by atoms with van der Waals surface area (Å²) >= 11 is 0. The number of amides is 2. The zero-order valence-corrected chi connectivity index (χ0v) is 15.5. The molecule has 0 aliphatic carbocycles. The van der Waals surface area contributed by atoms with Crippen molar-refractivity contribution in [1.29, 1.82) is 0 Å². The lowest BCUT2D eigenvalue weighted by molar-refractivity contribution is -0.116. The number of anilines is 1. The molecule has 1 N–H and O–H groups in total. The quantitative estimate of drug-likeness (QED) is 0.677. The largest absolute Gasteiger partial charge is 0.332 e. The van der Waals surface area contributed by atoms with Gasteiger partial charge in [-0.15, -0.1) is 6.42 Å². The Morgan fingerprint density at radius 3 is 2.64 bits per heavy atom. The average molecular weight is 372 g/mol. The molecule has 2 amide bonds. The summed E-state index contributed by atoms with van der Waals surface area (Å²) in [5, 5.41) is 6.91. The molecule has 0 spiro atoms. The van der Waals surface area contributed by atoms with Crippen LogP contribution in [0.15, 0.2) is 67.0 Å². The van der Waals surface area contributed by atoms with Gasteiger partial charge in [-0.1, -0.05) is 24.1 Å². The van der Waals surface area contributed by atoms with Crippen molar-refractivity contribution in [2.24, 2.45) is 0 Å². The Morgan fingerprint density at radius 1 is 1.18 bits per heavy atom. The van der Waals surface area contributed by atoms with Crippen molar-refractivity contribution in [2.75, 3.05) is 18.9 Å². The van der Waals surface area contributed by atoms with Gasteiger partial charge < -0.3 is 10.2 Å². The van der Waals surface area contributed by atoms with Crippen LogP contribution in [0.3, 0.4) is 0 Å². The van der Waals surface area contributed by atoms with E-state index in [-0.39, 0.29) is 18.4 Å². The second kappa shape index (κ2) is 8.69. The Labute approximate surface area is 163 Å². The van der Waals surface area contributed by atoms with E-state index in [9.17, 15) is 9.59 Å². The van der Waals surface area contributed by atoms with Crippen LogP contribution in [-0.4, -0.2) is 40.1 Å². The van der Waals surface area contributed by atoms with Crippen LogP contribution in [0.4, 0.5) is 5.69 Å². The Bertz CT molecular complexity index is 1000. The lowest BCUT2D eigenvalue weighted by Crippen LogP contribution is -2.34. The zero-order valence-electron chi connectivity index (χ0n) is 15.5. The zero-order chi connectivity index (χ0) is 19.9. The summed E-state index contributed by atoms with van der Waals surface area (Å²) in [5.74, 6) is 2.00. The van der Waals surface area contributed by atoms with Crippen molar-refractivity contribution >= 4 is 17.5 Å². The van der Waals surface area contributed by atoms with Crippen molar-refractivity contribution in [3.63, 3.8) is 0 Å². The van der Waals surface area contributed by atoms with Crippen LogP contribution in [-0.2, 0) is 11.3 Å². The number of hydrogen-bond donors (Lipinski definition) is 1. The molecular formula is C22H20N4O2. The smallest absolute Gasteiger partial charge is 0.254 e. The number of rotatable bonds is 6. The first-order valence-corrected chi connectivity index (χ1v) is 8.73. The Kier molecular flexibility index (Phi) is 5.87. The van der Waals surface area contributed by atoms with Gasteiger partial charge in [0.1, 0.15) is 0 Å². The number of nitrogens with one attached hydrogen (secondary N) is 1. The van der Waals surface area contributed by atoms with Crippen molar-refractivity contribution in [3.8, 4) is 12.3 Å². The minimum Gasteiger partial charge on any atom is -0.332 e. The Balaban J connectivity index is 1.57. The van der Waals surface area contributed by atoms with Crippen molar-refractivity contribution in [1.82, 2.24) is 14.7 Å². The first-order valence-electron chi connectivity index (χ1n) is 8.73. The van der Waals surface area contributed by atoms with E-state index >= 15 is 0 Å². The predicted molar refractivity (Wildman–Crippen MR) is 108 cm³/mol. The Hall–Kier alpha value is -3.85. The summed E-state index contributed by atoms with van der Waals surface area (Å²) < 4.78 is 1.81. The molecule has 3 aromatic rings. The SMILES string of the molecule is C#Cc1cccc(NC(=O)CN(C)C(=O)c2ccc(Cn3cccn3)cc2)c1. The number of nitrogens with zero attached hydrogens (tertiary/aromatic N) is 3. The molecule has 6 nitrogen and oxygen atoms in total. The summed E-state index contributed by atoms with van der Waals surface area (Å²) in [4.78, 5) is 26.2. The molecule has 0 unspecified atom stereocenters. The van der Waals surface area contributed by atoms with Gasteiger partial charge >= 0.3 is 0 Å². The van der Waals surface area contributed by atoms with Crippen LogP contribution < -0.4 is 5.32 Å². The summed E-state index contributed by atoms with van der Waals surface area (Å²) in [6, 6.07) is 16.1. The minimum atomic E-state index is -0.291. The monoisotopic (exact) mass is 372 g/mol. The molecule has 0 fully saturated rings. The highest BCUT2D eigenvalue weighted by atomic mass is 16.2. The highest BCUT2D eigenvalue weighted by molar-refractivity contribution is 5.99. The second-order valence-corrected chi connectivity index (χ2v) is 6.34. The molecule has 0 aliphatic heterocycles. The van der Waals surface area contributed by atoms with Crippen LogP contribution in [0.5, 0.6) is 0 Å². The van der Waals surface area contributed by atoms with E-state index in [1.165, 1.54) is 4.90 Å². The van der Waals surface area contributed by atoms with E-state index in [0.717, 1.165) is 5.56 Å². The molecule has 0 radical (unpaired) electrons. The third kappa shape index (κ3) is 4.86. The minimum absolute atomic E-state index is 0.0614. The van der Waals surface area contributed by atoms with Gasteiger partial charge in [0.2, 0.25) is 5.91 Å². The normalized spacial score (nSPS) is 10.1. The molecule has 6 heteroatoms. The Morgan fingerprint density at radius 2 is 1.96 bits per heavy atom. The standard InChI is InChI=1S/C22H20N4O2/c1-3-17-6-4-7-20(14-17)24-21(27)16-25(2)22(28)19-10-8-18(9-11-19)15-26-13-5-12-23-26/h1,4-14H,15-16H2,2H3,(H,24,27). The van der Waals surface area contributed by atoms with Gasteiger partial charge in [-0.05, 0) is 42.0 Å². The number of terminal acetylenes is 1. The molecule has 28 heavy (non-hydrogen) atoms. The van der Waals surface area contributed by atoms with Crippen LogP contribution in [0.1, 0.15) is 21.5 Å². The molecule has 140 valence electrons. The van der Waals surface area contributed by atoms with Crippen LogP contribution in [0, 0.1) is 12.3 Å². The van der Waals surface area contributed by atoms with Gasteiger partial charge in [-0.3, -0.25) is 14.3 Å². The fraction of sp³-hybridized carbons (Fsp3) is 0.136. The van der Waals surface area contributed by atoms with Gasteiger partial charge in [0.15, 0.2) is 0 Å². The van der Waals surface area contributed by atoms with Crippen molar-refractivity contribution < 1.29 is 9.59 Å². The lowest BCUT2D eigenvalue weighted by atomic mass is 10.1. The number of carbonyl (C=O) groups is 2. The molecule has 3 rings (SSSR count). The number of benzene rings is 2. The van der Waals surface area contributed by atoms with E-state index in [1.807, 2.05) is 29.1 Å². The molecule has 0 aliphatic rings. The number of likely N-dealkylation sites (N-methyl/N-ethyl adjacent to an activating group) is 1. The van der Waals surface area contributed by atoms with Crippen LogP contribution >= 0.6 is 0 Å². The van der Waals surface area contributed by atoms with E-state index in [2.05, 4.69) is 16.3 Å². The third-order valence-electron chi connectivity index (χ3n) is 4.15. The second-order valence-electron chi connectivity index (χ2n) is 6.34. The maximum Gasteiger partial charge on any atom is 0.254 e. The highest BCUT2D eigenvalue weighted by Gasteiger charge is 2.15. The third-order valence-corrected chi connectivity index (χ3v) is 4.15. The first kappa shape index (κ1) is 18.9. The van der Waals surface area contributed by atoms with Gasteiger partial charge in [0.05, 0.1) is 13.1 Å². The van der Waals surface area contributed by atoms with Crippen LogP contribution in [0.2, 0.25) is 0 Å². The predicted octanol–water partition coefficient (Wildman–Crippen LogP) is 2.62. The molecule has 2 aromatic carbocycles. The fourth-order valence-corrected chi connectivity index (χ4v) is 2.73. The van der Waals surface area contributed by atoms with E-state index in [4.69, 9.17) is 6.42 Å². The molecule has 1 heterocycles. The van der Waals surface area contributed by atoms with E-state index in [1.54, 1.807) is 49.6 Å². The number of aromatic nitrogens is 2. The number of hydrogen-bond acceptors (Lipinski definition) is 3. The van der Waals surface area contributed by atoms with Gasteiger partial charge in [-0.25, -0.2) is 0 Å². The molecule has 0 atom stereocenters. The highest BCUT2D eigenvalue weighted by Crippen LogP contribution is 2.11. The van der Waals surface area contributed by atoms with Crippen molar-refractivity contribution in [2.45, 2.75) is 6.54 Å². The number of carbonyl (C=O) groups excluding carboxylic acids is 2. The maximum atomic E-state index is 12.6. The molecule has 0 saturated carbocycles. The molecular weight excluding hydrogens is 352 g/mol. The average Bonchev–Trinajstić information content (AvgIpc) is 3.21. The lowest BCUT2D eigenvalue weighted by Gasteiger charge is -2.17. The summed E-state index contributed by atoms with van der Waals surface area (Å²) in [6.45, 7) is 0.574. The summed E-state index contributed by atoms with van der Waals surface area (Å²) in [6.07, 6.45) is 8.96. The summed E-state index contributed by atoms with van der Waals surface area (Å²) in [5.41, 5.74) is 2.84. The molecule has 0 saturated heterocycles. The first-order chi connectivity index (χ1) is 13.5. The summed E-state index contributed by atoms with van der Waals surface area (Å²) in [7, 11) is 1.59. The molecule has 1 aromatic heterocycles. The van der Waals surface area contributed by atoms with Gasteiger partial charge in [0, 0.05) is 36.3 Å². The van der Waals surface area contributed by atoms with E-state index < -0.39 is 0 Å². The fourth-order valence-electron chi connectivity index (χ4n) is 2.73. The van der Waals surface area contributed by atoms with Gasteiger partial charge in [0.25, 0.3) is 5.91 Å². The topological polar surface area (TPSA) is 67.2 Å². The molecule has 0 bridgehead atoms. The van der Waals surface area contributed by atoms with E-state index in [0.29, 0.717) is 23.4 Å². The van der Waals surface area contributed by atoms with Gasteiger partial charge in [-0.2, -0.15) is 5.10 Å².